The minimum Gasteiger partial charge on any atom is -0.478 e. The number of carbonyl (C=O) groups is 1. The van der Waals surface area contributed by atoms with Crippen LogP contribution in [0.15, 0.2) is 60.0 Å². The Labute approximate surface area is 179 Å². The van der Waals surface area contributed by atoms with Crippen LogP contribution >= 0.6 is 22.9 Å². The largest absolute Gasteiger partial charge is 0.478 e. The minimum absolute atomic E-state index is 0.328. The van der Waals surface area contributed by atoms with Gasteiger partial charge in [-0.3, -0.25) is 0 Å². The summed E-state index contributed by atoms with van der Waals surface area (Å²) in [6, 6.07) is 16.6. The van der Waals surface area contributed by atoms with Gasteiger partial charge < -0.3 is 20.8 Å². The number of aliphatic hydroxyl groups excluding tert-OH is 1. The molecule has 3 aromatic rings. The first-order valence-electron chi connectivity index (χ1n) is 9.34. The average molecular weight is 431 g/mol. The molecule has 4 N–H and O–H groups in total. The predicted molar refractivity (Wildman–Crippen MR) is 119 cm³/mol. The second kappa shape index (κ2) is 10.4. The van der Waals surface area contributed by atoms with Gasteiger partial charge in [0.25, 0.3) is 0 Å². The standard InChI is InChI=1S/C22H23ClN2O3S/c23-17-6-1-4-15(12-17)20(26)14-24-9-3-10-25-18-7-2-5-16(13-18)21-19(22(27)28)8-11-29-21/h1-2,4-8,11-13,20,24-26H,3,9-10,14H2,(H,27,28)/t20-/m1/s1. The Kier molecular flexibility index (Phi) is 7.66. The molecule has 0 aliphatic carbocycles. The number of hydrogen-bond donors (Lipinski definition) is 4. The third-order valence-corrected chi connectivity index (χ3v) is 5.65. The summed E-state index contributed by atoms with van der Waals surface area (Å²) in [6.45, 7) is 1.99. The third-order valence-electron chi connectivity index (χ3n) is 4.45. The van der Waals surface area contributed by atoms with Gasteiger partial charge in [-0.05, 0) is 59.8 Å². The molecule has 1 atom stereocenters. The van der Waals surface area contributed by atoms with Crippen LogP contribution in [0.1, 0.15) is 28.4 Å². The Balaban J connectivity index is 1.43. The number of halogens is 1. The molecule has 0 aliphatic rings. The molecule has 0 amide bonds. The van der Waals surface area contributed by atoms with E-state index in [9.17, 15) is 15.0 Å². The van der Waals surface area contributed by atoms with Crippen LogP contribution in [0.4, 0.5) is 5.69 Å². The van der Waals surface area contributed by atoms with Crippen molar-refractivity contribution in [2.24, 2.45) is 0 Å². The summed E-state index contributed by atoms with van der Waals surface area (Å²) >= 11 is 7.37. The highest BCUT2D eigenvalue weighted by molar-refractivity contribution is 7.14. The van der Waals surface area contributed by atoms with Crippen molar-refractivity contribution in [3.05, 3.63) is 76.1 Å². The van der Waals surface area contributed by atoms with Crippen LogP contribution in [0, 0.1) is 0 Å². The van der Waals surface area contributed by atoms with Gasteiger partial charge in [-0.15, -0.1) is 11.3 Å². The second-order valence-corrected chi connectivity index (χ2v) is 7.96. The summed E-state index contributed by atoms with van der Waals surface area (Å²) in [5, 5.41) is 28.5. The molecule has 1 aromatic heterocycles. The summed E-state index contributed by atoms with van der Waals surface area (Å²) < 4.78 is 0. The summed E-state index contributed by atoms with van der Waals surface area (Å²) in [7, 11) is 0. The van der Waals surface area contributed by atoms with Crippen molar-refractivity contribution in [3.63, 3.8) is 0 Å². The number of benzene rings is 2. The SMILES string of the molecule is O=C(O)c1ccsc1-c1cccc(NCCCNC[C@@H](O)c2cccc(Cl)c2)c1. The number of anilines is 1. The molecule has 152 valence electrons. The molecule has 3 rings (SSSR count). The van der Waals surface area contributed by atoms with Crippen molar-refractivity contribution in [1.82, 2.24) is 5.32 Å². The Morgan fingerprint density at radius 2 is 1.93 bits per heavy atom. The Morgan fingerprint density at radius 3 is 2.72 bits per heavy atom. The maximum absolute atomic E-state index is 11.3. The van der Waals surface area contributed by atoms with Gasteiger partial charge in [-0.25, -0.2) is 4.79 Å². The molecule has 0 bridgehead atoms. The lowest BCUT2D eigenvalue weighted by molar-refractivity contribution is 0.0698. The fraction of sp³-hybridized carbons (Fsp3) is 0.227. The summed E-state index contributed by atoms with van der Waals surface area (Å²) in [5.41, 5.74) is 2.97. The quantitative estimate of drug-likeness (QED) is 0.344. The lowest BCUT2D eigenvalue weighted by Crippen LogP contribution is -2.24. The molecule has 0 fully saturated rings. The Bertz CT molecular complexity index is 960. The molecular formula is C22H23ClN2O3S. The molecule has 29 heavy (non-hydrogen) atoms. The number of hydrogen-bond acceptors (Lipinski definition) is 5. The third kappa shape index (κ3) is 6.05. The highest BCUT2D eigenvalue weighted by Gasteiger charge is 2.13. The minimum atomic E-state index is -0.911. The van der Waals surface area contributed by atoms with E-state index in [0.29, 0.717) is 17.1 Å². The van der Waals surface area contributed by atoms with Crippen LogP contribution < -0.4 is 10.6 Å². The van der Waals surface area contributed by atoms with E-state index in [2.05, 4.69) is 10.6 Å². The zero-order chi connectivity index (χ0) is 20.6. The van der Waals surface area contributed by atoms with Crippen molar-refractivity contribution in [2.75, 3.05) is 25.0 Å². The van der Waals surface area contributed by atoms with Crippen molar-refractivity contribution in [3.8, 4) is 10.4 Å². The monoisotopic (exact) mass is 430 g/mol. The van der Waals surface area contributed by atoms with E-state index in [0.717, 1.165) is 41.2 Å². The van der Waals surface area contributed by atoms with Crippen molar-refractivity contribution in [1.29, 1.82) is 0 Å². The van der Waals surface area contributed by atoms with E-state index >= 15 is 0 Å². The average Bonchev–Trinajstić information content (AvgIpc) is 3.21. The lowest BCUT2D eigenvalue weighted by Gasteiger charge is -2.13. The number of aromatic carboxylic acids is 1. The highest BCUT2D eigenvalue weighted by Crippen LogP contribution is 2.31. The van der Waals surface area contributed by atoms with Crippen molar-refractivity contribution >= 4 is 34.6 Å². The first-order chi connectivity index (χ1) is 14.0. The molecule has 0 saturated carbocycles. The van der Waals surface area contributed by atoms with Crippen LogP contribution in [-0.4, -0.2) is 35.8 Å². The van der Waals surface area contributed by atoms with Gasteiger partial charge in [-0.1, -0.05) is 35.9 Å². The van der Waals surface area contributed by atoms with E-state index < -0.39 is 12.1 Å². The van der Waals surface area contributed by atoms with Gasteiger partial charge in [0.1, 0.15) is 0 Å². The zero-order valence-electron chi connectivity index (χ0n) is 15.8. The number of aliphatic hydroxyl groups is 1. The molecule has 0 aliphatic heterocycles. The molecule has 0 radical (unpaired) electrons. The fourth-order valence-electron chi connectivity index (χ4n) is 2.99. The van der Waals surface area contributed by atoms with Crippen LogP contribution in [0.5, 0.6) is 0 Å². The van der Waals surface area contributed by atoms with Gasteiger partial charge in [0, 0.05) is 28.7 Å². The van der Waals surface area contributed by atoms with Crippen LogP contribution in [0.25, 0.3) is 10.4 Å². The summed E-state index contributed by atoms with van der Waals surface area (Å²) in [6.07, 6.45) is 0.291. The zero-order valence-corrected chi connectivity index (χ0v) is 17.3. The molecule has 0 saturated heterocycles. The fourth-order valence-corrected chi connectivity index (χ4v) is 4.07. The predicted octanol–water partition coefficient (Wildman–Crippen LogP) is 4.89. The van der Waals surface area contributed by atoms with Crippen LogP contribution in [-0.2, 0) is 0 Å². The number of rotatable bonds is 10. The number of carboxylic acid groups (broad SMARTS) is 1. The van der Waals surface area contributed by atoms with E-state index in [1.807, 2.05) is 36.4 Å². The molecule has 2 aromatic carbocycles. The first kappa shape index (κ1) is 21.3. The topological polar surface area (TPSA) is 81.6 Å². The van der Waals surface area contributed by atoms with E-state index in [4.69, 9.17) is 11.6 Å². The van der Waals surface area contributed by atoms with Gasteiger partial charge in [-0.2, -0.15) is 0 Å². The van der Waals surface area contributed by atoms with Gasteiger partial charge in [0.15, 0.2) is 0 Å². The van der Waals surface area contributed by atoms with Crippen LogP contribution in [0.2, 0.25) is 5.02 Å². The Morgan fingerprint density at radius 1 is 1.10 bits per heavy atom. The van der Waals surface area contributed by atoms with Crippen molar-refractivity contribution in [2.45, 2.75) is 12.5 Å². The summed E-state index contributed by atoms with van der Waals surface area (Å²) in [5.74, 6) is -0.911. The molecule has 0 unspecified atom stereocenters. The van der Waals surface area contributed by atoms with Gasteiger partial charge in [0.05, 0.1) is 11.7 Å². The maximum Gasteiger partial charge on any atom is 0.337 e. The van der Waals surface area contributed by atoms with E-state index in [1.165, 1.54) is 11.3 Å². The van der Waals surface area contributed by atoms with Gasteiger partial charge >= 0.3 is 5.97 Å². The summed E-state index contributed by atoms with van der Waals surface area (Å²) in [4.78, 5) is 12.1. The van der Waals surface area contributed by atoms with E-state index in [1.54, 1.807) is 23.6 Å². The second-order valence-electron chi connectivity index (χ2n) is 6.60. The molecule has 1 heterocycles. The lowest BCUT2D eigenvalue weighted by atomic mass is 10.1. The maximum atomic E-state index is 11.3. The number of nitrogens with one attached hydrogen (secondary N) is 2. The Hall–Kier alpha value is -2.38. The highest BCUT2D eigenvalue weighted by atomic mass is 35.5. The van der Waals surface area contributed by atoms with Crippen LogP contribution in [0.3, 0.4) is 0 Å². The van der Waals surface area contributed by atoms with E-state index in [-0.39, 0.29) is 0 Å². The molecule has 0 spiro atoms. The number of thiophene rings is 1. The molecular weight excluding hydrogens is 408 g/mol. The first-order valence-corrected chi connectivity index (χ1v) is 10.6. The smallest absolute Gasteiger partial charge is 0.337 e. The molecule has 5 nitrogen and oxygen atoms in total. The molecule has 7 heteroatoms. The van der Waals surface area contributed by atoms with Crippen molar-refractivity contribution < 1.29 is 15.0 Å². The van der Waals surface area contributed by atoms with Gasteiger partial charge in [0.2, 0.25) is 0 Å². The number of carboxylic acids is 1. The normalized spacial score (nSPS) is 11.9.